The lowest BCUT2D eigenvalue weighted by Gasteiger charge is -2.44. The molecule has 4 nitrogen and oxygen atoms in total. The molecule has 9 unspecified atom stereocenters. The number of rotatable bonds is 15. The summed E-state index contributed by atoms with van der Waals surface area (Å²) in [6, 6.07) is 22.8. The Kier molecular flexibility index (Phi) is 16.2. The highest BCUT2D eigenvalue weighted by Crippen LogP contribution is 2.49. The lowest BCUT2D eigenvalue weighted by molar-refractivity contribution is 0.102. The van der Waals surface area contributed by atoms with Crippen LogP contribution in [-0.2, 0) is 0 Å². The van der Waals surface area contributed by atoms with E-state index < -0.39 is 0 Å². The number of thioether (sulfide) groups is 1. The molecule has 1 aliphatic heterocycles. The highest BCUT2D eigenvalue weighted by Gasteiger charge is 2.42. The molecular formula is C47H72N4S. The fourth-order valence-electron chi connectivity index (χ4n) is 10.6. The molecule has 52 heavy (non-hydrogen) atoms. The van der Waals surface area contributed by atoms with Gasteiger partial charge in [-0.3, -0.25) is 9.98 Å². The molecular weight excluding hydrogens is 653 g/mol. The van der Waals surface area contributed by atoms with Crippen molar-refractivity contribution in [3.63, 3.8) is 0 Å². The van der Waals surface area contributed by atoms with E-state index in [9.17, 15) is 0 Å². The van der Waals surface area contributed by atoms with Crippen LogP contribution < -0.4 is 10.6 Å². The third-order valence-electron chi connectivity index (χ3n) is 13.7. The Morgan fingerprint density at radius 2 is 1.46 bits per heavy atom. The Hall–Kier alpha value is -1.95. The van der Waals surface area contributed by atoms with E-state index in [2.05, 4.69) is 96.9 Å². The zero-order valence-corrected chi connectivity index (χ0v) is 33.9. The van der Waals surface area contributed by atoms with Gasteiger partial charge in [-0.15, -0.1) is 0 Å². The fourth-order valence-corrected chi connectivity index (χ4v) is 12.5. The minimum Gasteiger partial charge on any atom is -0.314 e. The van der Waals surface area contributed by atoms with Gasteiger partial charge in [0.2, 0.25) is 0 Å². The van der Waals surface area contributed by atoms with E-state index in [4.69, 9.17) is 9.98 Å². The van der Waals surface area contributed by atoms with Gasteiger partial charge in [0.15, 0.2) is 0 Å². The third kappa shape index (κ3) is 11.3. The molecule has 2 aromatic carbocycles. The van der Waals surface area contributed by atoms with Crippen molar-refractivity contribution in [3.05, 3.63) is 71.8 Å². The second-order valence-electron chi connectivity index (χ2n) is 17.2. The molecule has 2 N–H and O–H groups in total. The van der Waals surface area contributed by atoms with E-state index in [1.54, 1.807) is 0 Å². The van der Waals surface area contributed by atoms with E-state index in [1.807, 2.05) is 7.05 Å². The summed E-state index contributed by atoms with van der Waals surface area (Å²) in [5.74, 6) is 6.82. The summed E-state index contributed by atoms with van der Waals surface area (Å²) in [6.07, 6.45) is 24.0. The highest BCUT2D eigenvalue weighted by atomic mass is 32.2. The molecule has 4 fully saturated rings. The molecule has 0 amide bonds. The number of fused-ring (bicyclic) bond motifs is 1. The van der Waals surface area contributed by atoms with Crippen molar-refractivity contribution >= 4 is 23.2 Å². The van der Waals surface area contributed by atoms with Gasteiger partial charge in [0.25, 0.3) is 0 Å². The maximum Gasteiger partial charge on any atom is 0.0817 e. The van der Waals surface area contributed by atoms with Gasteiger partial charge in [0.05, 0.1) is 18.0 Å². The van der Waals surface area contributed by atoms with Crippen LogP contribution in [0.25, 0.3) is 0 Å². The number of likely N-dealkylation sites (N-methyl/N-ethyl adjacent to an activating group) is 1. The minimum absolute atomic E-state index is 0.620. The number of hydrogen-bond acceptors (Lipinski definition) is 5. The minimum atomic E-state index is 0.620. The summed E-state index contributed by atoms with van der Waals surface area (Å²) < 4.78 is 0. The lowest BCUT2D eigenvalue weighted by Crippen LogP contribution is -2.48. The van der Waals surface area contributed by atoms with Crippen LogP contribution in [0.15, 0.2) is 70.6 Å². The molecule has 4 aliphatic rings. The molecule has 1 saturated heterocycles. The zero-order valence-electron chi connectivity index (χ0n) is 33.1. The largest absolute Gasteiger partial charge is 0.314 e. The molecule has 3 aliphatic carbocycles. The normalized spacial score (nSPS) is 32.1. The molecule has 1 heterocycles. The SMILES string of the molecule is CCCCCC1CSC2CCC(C3CCCCC3NC3CCCC(CN=C(CN=C(CNC)c4ccccc4)c4ccccc4)CC3)C(C)CCC12. The van der Waals surface area contributed by atoms with Crippen molar-refractivity contribution in [2.75, 3.05) is 32.4 Å². The Labute approximate surface area is 322 Å². The van der Waals surface area contributed by atoms with Crippen LogP contribution in [0.2, 0.25) is 0 Å². The first-order valence-electron chi connectivity index (χ1n) is 21.8. The van der Waals surface area contributed by atoms with Gasteiger partial charge in [-0.2, -0.15) is 11.8 Å². The van der Waals surface area contributed by atoms with Gasteiger partial charge in [0.1, 0.15) is 0 Å². The predicted molar refractivity (Wildman–Crippen MR) is 227 cm³/mol. The van der Waals surface area contributed by atoms with Crippen molar-refractivity contribution in [2.24, 2.45) is 45.5 Å². The summed E-state index contributed by atoms with van der Waals surface area (Å²) in [4.78, 5) is 10.5. The lowest BCUT2D eigenvalue weighted by atomic mass is 9.66. The Bertz CT molecular complexity index is 1360. The zero-order chi connectivity index (χ0) is 36.0. The Morgan fingerprint density at radius 3 is 2.23 bits per heavy atom. The number of hydrogen-bond donors (Lipinski definition) is 2. The van der Waals surface area contributed by atoms with Crippen LogP contribution in [0.4, 0.5) is 0 Å². The molecule has 0 spiro atoms. The number of nitrogens with zero attached hydrogens (tertiary/aromatic N) is 2. The molecule has 5 heteroatoms. The molecule has 6 rings (SSSR count). The van der Waals surface area contributed by atoms with E-state index >= 15 is 0 Å². The highest BCUT2D eigenvalue weighted by molar-refractivity contribution is 8.00. The first-order valence-corrected chi connectivity index (χ1v) is 22.9. The number of unbranched alkanes of at least 4 members (excludes halogenated alkanes) is 2. The van der Waals surface area contributed by atoms with Crippen molar-refractivity contribution in [3.8, 4) is 0 Å². The van der Waals surface area contributed by atoms with E-state index in [-0.39, 0.29) is 0 Å². The Morgan fingerprint density at radius 1 is 0.712 bits per heavy atom. The van der Waals surface area contributed by atoms with Crippen LogP contribution in [0.5, 0.6) is 0 Å². The first kappa shape index (κ1) is 39.7. The standard InChI is InChI=1S/C47H72N4S/c1-4-5-8-21-39-34-52-47-30-29-41(35(2)25-28-42(39)47)43-23-13-14-24-44(43)51-40-22-15-16-36(26-27-40)31-49-46(38-19-11-7-12-20-38)33-50-45(32-48-3)37-17-9-6-10-18-37/h6-7,9-12,17-20,35-36,39-44,47-48,51H,4-5,8,13-16,21-34H2,1-3H3. The van der Waals surface area contributed by atoms with Crippen LogP contribution in [-0.4, -0.2) is 61.2 Å². The summed E-state index contributed by atoms with van der Waals surface area (Å²) in [7, 11) is 2.00. The van der Waals surface area contributed by atoms with Gasteiger partial charge in [-0.1, -0.05) is 119 Å². The van der Waals surface area contributed by atoms with Crippen molar-refractivity contribution in [2.45, 2.75) is 140 Å². The van der Waals surface area contributed by atoms with Crippen LogP contribution in [0.3, 0.4) is 0 Å². The summed E-state index contributed by atoms with van der Waals surface area (Å²) >= 11 is 2.37. The van der Waals surface area contributed by atoms with Gasteiger partial charge >= 0.3 is 0 Å². The van der Waals surface area contributed by atoms with Crippen molar-refractivity contribution < 1.29 is 0 Å². The summed E-state index contributed by atoms with van der Waals surface area (Å²) in [6.45, 7) is 7.30. The topological polar surface area (TPSA) is 48.8 Å². The van der Waals surface area contributed by atoms with E-state index in [0.717, 1.165) is 65.4 Å². The monoisotopic (exact) mass is 725 g/mol. The molecule has 0 bridgehead atoms. The second kappa shape index (κ2) is 21.2. The summed E-state index contributed by atoms with van der Waals surface area (Å²) in [5, 5.41) is 8.66. The number of aliphatic imine (C=N–C) groups is 2. The molecule has 9 atom stereocenters. The average Bonchev–Trinajstić information content (AvgIpc) is 3.40. The molecule has 3 saturated carbocycles. The summed E-state index contributed by atoms with van der Waals surface area (Å²) in [5.41, 5.74) is 4.61. The van der Waals surface area contributed by atoms with E-state index in [1.165, 1.54) is 126 Å². The average molecular weight is 725 g/mol. The smallest absolute Gasteiger partial charge is 0.0817 e. The molecule has 2 aromatic rings. The quantitative estimate of drug-likeness (QED) is 0.109. The van der Waals surface area contributed by atoms with Crippen LogP contribution in [0, 0.1) is 35.5 Å². The van der Waals surface area contributed by atoms with E-state index in [0.29, 0.717) is 18.5 Å². The van der Waals surface area contributed by atoms with Crippen molar-refractivity contribution in [1.82, 2.24) is 10.6 Å². The fraction of sp³-hybridized carbons (Fsp3) is 0.702. The van der Waals surface area contributed by atoms with Crippen molar-refractivity contribution in [1.29, 1.82) is 0 Å². The van der Waals surface area contributed by atoms with Gasteiger partial charge in [0, 0.05) is 30.4 Å². The van der Waals surface area contributed by atoms with Gasteiger partial charge < -0.3 is 10.6 Å². The van der Waals surface area contributed by atoms with Crippen LogP contribution >= 0.6 is 11.8 Å². The number of benzene rings is 2. The molecule has 0 aromatic heterocycles. The number of nitrogens with one attached hydrogen (secondary N) is 2. The molecule has 0 radical (unpaired) electrons. The van der Waals surface area contributed by atoms with Crippen LogP contribution in [0.1, 0.15) is 134 Å². The maximum absolute atomic E-state index is 5.34. The predicted octanol–water partition coefficient (Wildman–Crippen LogP) is 11.0. The molecule has 286 valence electrons. The maximum atomic E-state index is 5.34. The third-order valence-corrected chi connectivity index (χ3v) is 15.3. The second-order valence-corrected chi connectivity index (χ2v) is 18.5. The first-order chi connectivity index (χ1) is 25.6. The Balaban J connectivity index is 1.04. The van der Waals surface area contributed by atoms with Gasteiger partial charge in [-0.05, 0) is 124 Å². The van der Waals surface area contributed by atoms with Gasteiger partial charge in [-0.25, -0.2) is 0 Å².